The molecule has 0 unspecified atom stereocenters. The van der Waals surface area contributed by atoms with E-state index in [2.05, 4.69) is 5.10 Å². The van der Waals surface area contributed by atoms with Crippen molar-refractivity contribution in [3.8, 4) is 0 Å². The molecule has 5 heteroatoms. The van der Waals surface area contributed by atoms with Gasteiger partial charge in [0.1, 0.15) is 17.1 Å². The van der Waals surface area contributed by atoms with Gasteiger partial charge in [0.2, 0.25) is 0 Å². The van der Waals surface area contributed by atoms with Gasteiger partial charge in [0.25, 0.3) is 0 Å². The maximum Gasteiger partial charge on any atom is 0.339 e. The van der Waals surface area contributed by atoms with Crippen LogP contribution in [0, 0.1) is 6.92 Å². The molecule has 1 aliphatic carbocycles. The number of hydrogen-bond donors (Lipinski definition) is 1. The molecule has 0 aromatic carbocycles. The van der Waals surface area contributed by atoms with Gasteiger partial charge in [-0.2, -0.15) is 5.10 Å². The zero-order valence-corrected chi connectivity index (χ0v) is 10.1. The largest absolute Gasteiger partial charge is 0.478 e. The first-order valence-electron chi connectivity index (χ1n) is 5.99. The van der Waals surface area contributed by atoms with Gasteiger partial charge in [0.15, 0.2) is 0 Å². The molecule has 1 saturated carbocycles. The number of rotatable bonds is 4. The summed E-state index contributed by atoms with van der Waals surface area (Å²) in [4.78, 5) is 10.9. The average Bonchev–Trinajstić information content (AvgIpc) is 2.95. The highest BCUT2D eigenvalue weighted by Crippen LogP contribution is 2.38. The molecule has 1 N–H and O–H groups in total. The summed E-state index contributed by atoms with van der Waals surface area (Å²) in [6, 6.07) is 3.59. The fourth-order valence-corrected chi connectivity index (χ4v) is 2.06. The van der Waals surface area contributed by atoms with E-state index in [0.29, 0.717) is 24.0 Å². The summed E-state index contributed by atoms with van der Waals surface area (Å²) in [6.45, 7) is 2.13. The molecule has 2 heterocycles. The van der Waals surface area contributed by atoms with Crippen LogP contribution in [0.1, 0.15) is 46.3 Å². The highest BCUT2D eigenvalue weighted by atomic mass is 16.4. The molecule has 1 aliphatic rings. The predicted molar refractivity (Wildman–Crippen MR) is 63.7 cm³/mol. The van der Waals surface area contributed by atoms with Crippen LogP contribution in [0.3, 0.4) is 0 Å². The summed E-state index contributed by atoms with van der Waals surface area (Å²) in [5, 5.41) is 13.4. The highest BCUT2D eigenvalue weighted by molar-refractivity contribution is 5.88. The Hall–Kier alpha value is -2.04. The van der Waals surface area contributed by atoms with E-state index in [1.165, 1.54) is 12.8 Å². The SMILES string of the molecule is Cc1oc(Cn2ccc(C3CC3)n2)cc1C(=O)O. The van der Waals surface area contributed by atoms with E-state index in [1.807, 2.05) is 12.3 Å². The van der Waals surface area contributed by atoms with Crippen molar-refractivity contribution in [3.05, 3.63) is 41.1 Å². The first-order chi connectivity index (χ1) is 8.63. The number of carboxylic acids is 1. The maximum atomic E-state index is 10.9. The van der Waals surface area contributed by atoms with Gasteiger partial charge < -0.3 is 9.52 Å². The van der Waals surface area contributed by atoms with Crippen molar-refractivity contribution in [1.29, 1.82) is 0 Å². The molecular weight excluding hydrogens is 232 g/mol. The van der Waals surface area contributed by atoms with Gasteiger partial charge in [-0.05, 0) is 31.9 Å². The minimum atomic E-state index is -0.957. The Morgan fingerprint density at radius 3 is 3.00 bits per heavy atom. The van der Waals surface area contributed by atoms with Crippen molar-refractivity contribution in [3.63, 3.8) is 0 Å². The van der Waals surface area contributed by atoms with Crippen LogP contribution >= 0.6 is 0 Å². The van der Waals surface area contributed by atoms with Crippen LogP contribution < -0.4 is 0 Å². The molecule has 0 radical (unpaired) electrons. The number of furan rings is 1. The molecule has 3 rings (SSSR count). The molecule has 0 amide bonds. The van der Waals surface area contributed by atoms with E-state index >= 15 is 0 Å². The van der Waals surface area contributed by atoms with Gasteiger partial charge >= 0.3 is 5.97 Å². The van der Waals surface area contributed by atoms with Crippen LogP contribution in [0.5, 0.6) is 0 Å². The van der Waals surface area contributed by atoms with Crippen molar-refractivity contribution < 1.29 is 14.3 Å². The number of aromatic nitrogens is 2. The van der Waals surface area contributed by atoms with E-state index in [-0.39, 0.29) is 5.56 Å². The summed E-state index contributed by atoms with van der Waals surface area (Å²) >= 11 is 0. The second-order valence-corrected chi connectivity index (χ2v) is 4.70. The van der Waals surface area contributed by atoms with E-state index in [9.17, 15) is 4.79 Å². The molecule has 0 bridgehead atoms. The quantitative estimate of drug-likeness (QED) is 0.899. The van der Waals surface area contributed by atoms with E-state index in [4.69, 9.17) is 9.52 Å². The topological polar surface area (TPSA) is 68.3 Å². The molecule has 18 heavy (non-hydrogen) atoms. The van der Waals surface area contributed by atoms with Crippen molar-refractivity contribution >= 4 is 5.97 Å². The summed E-state index contributed by atoms with van der Waals surface area (Å²) in [6.07, 6.45) is 4.35. The lowest BCUT2D eigenvalue weighted by atomic mass is 10.2. The first kappa shape index (κ1) is 11.1. The third-order valence-corrected chi connectivity index (χ3v) is 3.17. The molecular formula is C13H14N2O3. The molecule has 1 fully saturated rings. The van der Waals surface area contributed by atoms with Crippen LogP contribution in [0.2, 0.25) is 0 Å². The van der Waals surface area contributed by atoms with Gasteiger partial charge in [-0.1, -0.05) is 0 Å². The lowest BCUT2D eigenvalue weighted by Gasteiger charge is -1.97. The zero-order chi connectivity index (χ0) is 12.7. The first-order valence-corrected chi connectivity index (χ1v) is 5.99. The smallest absolute Gasteiger partial charge is 0.339 e. The fourth-order valence-electron chi connectivity index (χ4n) is 2.06. The molecule has 0 spiro atoms. The molecule has 0 aliphatic heterocycles. The van der Waals surface area contributed by atoms with E-state index in [1.54, 1.807) is 17.7 Å². The second-order valence-electron chi connectivity index (χ2n) is 4.70. The summed E-state index contributed by atoms with van der Waals surface area (Å²) in [5.41, 5.74) is 1.34. The van der Waals surface area contributed by atoms with Crippen LogP contribution in [-0.2, 0) is 6.54 Å². The fraction of sp³-hybridized carbons (Fsp3) is 0.385. The Bertz CT molecular complexity index is 593. The lowest BCUT2D eigenvalue weighted by Crippen LogP contribution is -2.00. The zero-order valence-electron chi connectivity index (χ0n) is 10.1. The van der Waals surface area contributed by atoms with Crippen LogP contribution in [0.25, 0.3) is 0 Å². The molecule has 2 aromatic rings. The normalized spacial score (nSPS) is 14.9. The number of carboxylic acid groups (broad SMARTS) is 1. The molecule has 5 nitrogen and oxygen atoms in total. The lowest BCUT2D eigenvalue weighted by molar-refractivity contribution is 0.0695. The van der Waals surface area contributed by atoms with Gasteiger partial charge in [-0.15, -0.1) is 0 Å². The standard InChI is InChI=1S/C13H14N2O3/c1-8-11(13(16)17)6-10(18-8)7-15-5-4-12(14-15)9-2-3-9/h4-6,9H,2-3,7H2,1H3,(H,16,17). The monoisotopic (exact) mass is 246 g/mol. The van der Waals surface area contributed by atoms with Gasteiger partial charge in [-0.25, -0.2) is 4.79 Å². The number of nitrogens with zero attached hydrogens (tertiary/aromatic N) is 2. The van der Waals surface area contributed by atoms with Crippen molar-refractivity contribution in [2.45, 2.75) is 32.2 Å². The number of hydrogen-bond acceptors (Lipinski definition) is 3. The summed E-state index contributed by atoms with van der Waals surface area (Å²) in [5.74, 6) is 0.725. The maximum absolute atomic E-state index is 10.9. The minimum absolute atomic E-state index is 0.222. The Kier molecular flexibility index (Phi) is 2.47. The number of aryl methyl sites for hydroxylation is 1. The average molecular weight is 246 g/mol. The van der Waals surface area contributed by atoms with Crippen LogP contribution in [-0.4, -0.2) is 20.9 Å². The third kappa shape index (κ3) is 2.03. The second kappa shape index (κ2) is 4.01. The minimum Gasteiger partial charge on any atom is -0.478 e. The summed E-state index contributed by atoms with van der Waals surface area (Å²) in [7, 11) is 0. The van der Waals surface area contributed by atoms with Crippen molar-refractivity contribution in [1.82, 2.24) is 9.78 Å². The van der Waals surface area contributed by atoms with Crippen LogP contribution in [0.15, 0.2) is 22.7 Å². The van der Waals surface area contributed by atoms with Crippen LogP contribution in [0.4, 0.5) is 0 Å². The molecule has 0 saturated heterocycles. The molecule has 0 atom stereocenters. The van der Waals surface area contributed by atoms with Crippen molar-refractivity contribution in [2.24, 2.45) is 0 Å². The number of carbonyl (C=O) groups is 1. The third-order valence-electron chi connectivity index (χ3n) is 3.17. The van der Waals surface area contributed by atoms with E-state index < -0.39 is 5.97 Å². The Labute approximate surface area is 104 Å². The Balaban J connectivity index is 1.78. The van der Waals surface area contributed by atoms with E-state index in [0.717, 1.165) is 5.69 Å². The van der Waals surface area contributed by atoms with Gasteiger partial charge in [0, 0.05) is 12.1 Å². The predicted octanol–water partition coefficient (Wildman–Crippen LogP) is 2.41. The van der Waals surface area contributed by atoms with Gasteiger partial charge in [0.05, 0.1) is 12.2 Å². The number of aromatic carboxylic acids is 1. The Morgan fingerprint density at radius 2 is 2.39 bits per heavy atom. The summed E-state index contributed by atoms with van der Waals surface area (Å²) < 4.78 is 7.21. The Morgan fingerprint density at radius 1 is 1.61 bits per heavy atom. The molecule has 2 aromatic heterocycles. The van der Waals surface area contributed by atoms with Gasteiger partial charge in [-0.3, -0.25) is 4.68 Å². The molecule has 94 valence electrons. The van der Waals surface area contributed by atoms with Crippen molar-refractivity contribution in [2.75, 3.05) is 0 Å². The highest BCUT2D eigenvalue weighted by Gasteiger charge is 2.25.